The molecule has 1 aliphatic heterocycles. The van der Waals surface area contributed by atoms with E-state index in [2.05, 4.69) is 10.4 Å². The van der Waals surface area contributed by atoms with Crippen molar-refractivity contribution in [3.63, 3.8) is 0 Å². The molecule has 1 fully saturated rings. The molecular weight excluding hydrogens is 218 g/mol. The van der Waals surface area contributed by atoms with Crippen LogP contribution in [0.1, 0.15) is 24.8 Å². The smallest absolute Gasteiger partial charge is 0.274 e. The van der Waals surface area contributed by atoms with Crippen LogP contribution in [0.4, 0.5) is 11.4 Å². The van der Waals surface area contributed by atoms with Crippen LogP contribution in [0.5, 0.6) is 0 Å². The first-order valence-corrected chi connectivity index (χ1v) is 5.94. The number of anilines is 1. The fourth-order valence-electron chi connectivity index (χ4n) is 2.12. The molecule has 0 aromatic heterocycles. The molecule has 0 radical (unpaired) electrons. The second-order valence-corrected chi connectivity index (χ2v) is 4.37. The molecular formula is C12H17N3O2. The molecule has 1 aromatic rings. The van der Waals surface area contributed by atoms with Gasteiger partial charge in [0, 0.05) is 19.2 Å². The quantitative estimate of drug-likeness (QED) is 0.646. The molecule has 1 heterocycles. The monoisotopic (exact) mass is 235 g/mol. The lowest BCUT2D eigenvalue weighted by molar-refractivity contribution is -0.385. The minimum atomic E-state index is -0.337. The lowest BCUT2D eigenvalue weighted by atomic mass is 10.1. The van der Waals surface area contributed by atoms with E-state index in [0.717, 1.165) is 18.8 Å². The van der Waals surface area contributed by atoms with Gasteiger partial charge in [-0.3, -0.25) is 10.1 Å². The Balaban J connectivity index is 2.15. The predicted octanol–water partition coefficient (Wildman–Crippen LogP) is 2.72. The van der Waals surface area contributed by atoms with Crippen LogP contribution in [-0.2, 0) is 0 Å². The summed E-state index contributed by atoms with van der Waals surface area (Å²) in [5, 5.41) is 13.0. The first kappa shape index (κ1) is 11.9. The minimum Gasteiger partial charge on any atom is -0.318 e. The standard InChI is InChI=1S/C12H17N3O2/c1-10-11(6-5-7-12(10)15(16)17)13-14-8-3-2-4-9-14/h5-7,13H,2-4,8-9H2,1H3. The molecule has 1 N–H and O–H groups in total. The zero-order chi connectivity index (χ0) is 12.3. The van der Waals surface area contributed by atoms with E-state index in [-0.39, 0.29) is 10.6 Å². The minimum absolute atomic E-state index is 0.173. The Morgan fingerprint density at radius 1 is 1.29 bits per heavy atom. The molecule has 1 aromatic carbocycles. The van der Waals surface area contributed by atoms with Crippen molar-refractivity contribution in [2.45, 2.75) is 26.2 Å². The Bertz CT molecular complexity index is 414. The Kier molecular flexibility index (Phi) is 3.58. The summed E-state index contributed by atoms with van der Waals surface area (Å²) in [6.45, 7) is 3.79. The number of piperidine rings is 1. The maximum Gasteiger partial charge on any atom is 0.274 e. The van der Waals surface area contributed by atoms with Crippen molar-refractivity contribution < 1.29 is 4.92 Å². The summed E-state index contributed by atoms with van der Waals surface area (Å²) >= 11 is 0. The summed E-state index contributed by atoms with van der Waals surface area (Å²) in [5.74, 6) is 0. The average Bonchev–Trinajstić information content (AvgIpc) is 2.33. The van der Waals surface area contributed by atoms with Crippen LogP contribution < -0.4 is 5.43 Å². The first-order chi connectivity index (χ1) is 8.18. The number of nitro benzene ring substituents is 1. The van der Waals surface area contributed by atoms with Crippen LogP contribution >= 0.6 is 0 Å². The van der Waals surface area contributed by atoms with Gasteiger partial charge in [-0.15, -0.1) is 0 Å². The van der Waals surface area contributed by atoms with E-state index in [9.17, 15) is 10.1 Å². The summed E-state index contributed by atoms with van der Waals surface area (Å²) in [6, 6.07) is 5.14. The Morgan fingerprint density at radius 2 is 2.00 bits per heavy atom. The van der Waals surface area contributed by atoms with Gasteiger partial charge in [0.25, 0.3) is 5.69 Å². The van der Waals surface area contributed by atoms with Gasteiger partial charge in [-0.2, -0.15) is 0 Å². The highest BCUT2D eigenvalue weighted by Crippen LogP contribution is 2.25. The fourth-order valence-corrected chi connectivity index (χ4v) is 2.12. The normalized spacial score (nSPS) is 16.8. The number of hydrogen-bond acceptors (Lipinski definition) is 4. The maximum absolute atomic E-state index is 10.8. The zero-order valence-corrected chi connectivity index (χ0v) is 9.98. The lowest BCUT2D eigenvalue weighted by Crippen LogP contribution is -2.35. The first-order valence-electron chi connectivity index (χ1n) is 5.94. The van der Waals surface area contributed by atoms with E-state index in [1.54, 1.807) is 13.0 Å². The van der Waals surface area contributed by atoms with Gasteiger partial charge in [0.2, 0.25) is 0 Å². The van der Waals surface area contributed by atoms with Gasteiger partial charge in [0.15, 0.2) is 0 Å². The molecule has 1 aliphatic rings. The molecule has 0 bridgehead atoms. The third kappa shape index (κ3) is 2.74. The molecule has 0 spiro atoms. The molecule has 2 rings (SSSR count). The predicted molar refractivity (Wildman–Crippen MR) is 66.9 cm³/mol. The Hall–Kier alpha value is -1.62. The van der Waals surface area contributed by atoms with Crippen LogP contribution in [0, 0.1) is 17.0 Å². The Labute approximate surface area is 101 Å². The van der Waals surface area contributed by atoms with Crippen LogP contribution in [0.2, 0.25) is 0 Å². The fraction of sp³-hybridized carbons (Fsp3) is 0.500. The second-order valence-electron chi connectivity index (χ2n) is 4.37. The number of nitrogens with one attached hydrogen (secondary N) is 1. The molecule has 17 heavy (non-hydrogen) atoms. The van der Waals surface area contributed by atoms with Gasteiger partial charge in [-0.1, -0.05) is 12.5 Å². The number of rotatable bonds is 3. The molecule has 0 aliphatic carbocycles. The molecule has 92 valence electrons. The van der Waals surface area contributed by atoms with Gasteiger partial charge < -0.3 is 5.43 Å². The van der Waals surface area contributed by atoms with E-state index in [1.807, 2.05) is 6.07 Å². The summed E-state index contributed by atoms with van der Waals surface area (Å²) in [5.41, 5.74) is 4.98. The molecule has 0 atom stereocenters. The van der Waals surface area contributed by atoms with Crippen molar-refractivity contribution in [2.24, 2.45) is 0 Å². The highest BCUT2D eigenvalue weighted by Gasteiger charge is 2.15. The van der Waals surface area contributed by atoms with Crippen molar-refractivity contribution in [2.75, 3.05) is 18.5 Å². The number of nitro groups is 1. The van der Waals surface area contributed by atoms with Crippen LogP contribution in [0.15, 0.2) is 18.2 Å². The second kappa shape index (κ2) is 5.14. The molecule has 1 saturated heterocycles. The molecule has 0 saturated carbocycles. The van der Waals surface area contributed by atoms with Crippen molar-refractivity contribution in [3.05, 3.63) is 33.9 Å². The zero-order valence-electron chi connectivity index (χ0n) is 9.98. The number of hydrogen-bond donors (Lipinski definition) is 1. The number of benzene rings is 1. The summed E-state index contributed by atoms with van der Waals surface area (Å²) in [4.78, 5) is 10.5. The van der Waals surface area contributed by atoms with Crippen LogP contribution in [-0.4, -0.2) is 23.0 Å². The lowest BCUT2D eigenvalue weighted by Gasteiger charge is -2.28. The Morgan fingerprint density at radius 3 is 2.65 bits per heavy atom. The van der Waals surface area contributed by atoms with Crippen LogP contribution in [0.25, 0.3) is 0 Å². The SMILES string of the molecule is Cc1c(NN2CCCCC2)cccc1[N+](=O)[O-]. The van der Waals surface area contributed by atoms with E-state index in [1.165, 1.54) is 25.3 Å². The van der Waals surface area contributed by atoms with Gasteiger partial charge in [0.05, 0.1) is 16.2 Å². The van der Waals surface area contributed by atoms with E-state index >= 15 is 0 Å². The highest BCUT2D eigenvalue weighted by atomic mass is 16.6. The number of nitrogens with zero attached hydrogens (tertiary/aromatic N) is 2. The van der Waals surface area contributed by atoms with E-state index in [0.29, 0.717) is 5.56 Å². The number of hydrazine groups is 1. The van der Waals surface area contributed by atoms with Gasteiger partial charge >= 0.3 is 0 Å². The van der Waals surface area contributed by atoms with Crippen molar-refractivity contribution in [1.82, 2.24) is 5.01 Å². The molecule has 5 heteroatoms. The third-order valence-electron chi connectivity index (χ3n) is 3.14. The van der Waals surface area contributed by atoms with Gasteiger partial charge in [-0.25, -0.2) is 5.01 Å². The summed E-state index contributed by atoms with van der Waals surface area (Å²) < 4.78 is 0. The average molecular weight is 235 g/mol. The largest absolute Gasteiger partial charge is 0.318 e. The highest BCUT2D eigenvalue weighted by molar-refractivity contribution is 5.59. The molecule has 0 amide bonds. The van der Waals surface area contributed by atoms with Crippen molar-refractivity contribution >= 4 is 11.4 Å². The van der Waals surface area contributed by atoms with E-state index in [4.69, 9.17) is 0 Å². The van der Waals surface area contributed by atoms with Crippen molar-refractivity contribution in [1.29, 1.82) is 0 Å². The molecule has 5 nitrogen and oxygen atoms in total. The third-order valence-corrected chi connectivity index (χ3v) is 3.14. The van der Waals surface area contributed by atoms with Crippen molar-refractivity contribution in [3.8, 4) is 0 Å². The summed E-state index contributed by atoms with van der Waals surface area (Å²) in [7, 11) is 0. The van der Waals surface area contributed by atoms with E-state index < -0.39 is 0 Å². The molecule has 0 unspecified atom stereocenters. The summed E-state index contributed by atoms with van der Waals surface area (Å²) in [6.07, 6.45) is 3.63. The maximum atomic E-state index is 10.8. The van der Waals surface area contributed by atoms with Crippen LogP contribution in [0.3, 0.4) is 0 Å². The topological polar surface area (TPSA) is 58.4 Å². The van der Waals surface area contributed by atoms with Gasteiger partial charge in [0.1, 0.15) is 0 Å². The van der Waals surface area contributed by atoms with Gasteiger partial charge in [-0.05, 0) is 25.8 Å².